The molecule has 110 valence electrons. The lowest BCUT2D eigenvalue weighted by molar-refractivity contribution is -0.387. The Morgan fingerprint density at radius 2 is 2.19 bits per heavy atom. The summed E-state index contributed by atoms with van der Waals surface area (Å²) in [6.07, 6.45) is 4.39. The molecule has 0 atom stereocenters. The molecule has 5 nitrogen and oxygen atoms in total. The van der Waals surface area contributed by atoms with Crippen LogP contribution in [-0.4, -0.2) is 15.5 Å². The molecule has 1 N–H and O–H groups in total. The second-order valence-electron chi connectivity index (χ2n) is 5.33. The summed E-state index contributed by atoms with van der Waals surface area (Å²) >= 11 is 0. The molecule has 0 radical (unpaired) electrons. The van der Waals surface area contributed by atoms with Gasteiger partial charge in [0.15, 0.2) is 0 Å². The Labute approximate surface area is 121 Å². The van der Waals surface area contributed by atoms with Crippen LogP contribution in [0.1, 0.15) is 24.1 Å². The van der Waals surface area contributed by atoms with E-state index in [0.29, 0.717) is 18.2 Å². The van der Waals surface area contributed by atoms with Crippen molar-refractivity contribution in [3.05, 3.63) is 63.7 Å². The molecule has 1 aliphatic rings. The van der Waals surface area contributed by atoms with Crippen LogP contribution in [0.5, 0.6) is 0 Å². The first-order valence-corrected chi connectivity index (χ1v) is 6.93. The topological polar surface area (TPSA) is 60.1 Å². The van der Waals surface area contributed by atoms with E-state index >= 15 is 0 Å². The van der Waals surface area contributed by atoms with Crippen LogP contribution < -0.4 is 5.32 Å². The smallest absolute Gasteiger partial charge is 0.304 e. The zero-order chi connectivity index (χ0) is 14.8. The van der Waals surface area contributed by atoms with E-state index in [1.54, 1.807) is 6.07 Å². The third-order valence-electron chi connectivity index (χ3n) is 3.63. The van der Waals surface area contributed by atoms with Crippen molar-refractivity contribution in [2.45, 2.75) is 32.0 Å². The lowest BCUT2D eigenvalue weighted by atomic mass is 10.2. The van der Waals surface area contributed by atoms with Gasteiger partial charge in [-0.25, -0.2) is 0 Å². The predicted octanol–water partition coefficient (Wildman–Crippen LogP) is 2.84. The lowest BCUT2D eigenvalue weighted by Gasteiger charge is -2.10. The zero-order valence-electron chi connectivity index (χ0n) is 11.5. The average Bonchev–Trinajstić information content (AvgIpc) is 3.17. The van der Waals surface area contributed by atoms with Gasteiger partial charge in [0.05, 0.1) is 4.92 Å². The molecular weight excluding hydrogens is 273 g/mol. The van der Waals surface area contributed by atoms with E-state index in [9.17, 15) is 14.5 Å². The fraction of sp³-hybridized carbons (Fsp3) is 0.333. The number of nitrogens with one attached hydrogen (secondary N) is 1. The minimum Gasteiger partial charge on any atom is -0.346 e. The molecule has 6 heteroatoms. The van der Waals surface area contributed by atoms with Crippen LogP contribution in [0.3, 0.4) is 0 Å². The van der Waals surface area contributed by atoms with Crippen LogP contribution in [0.15, 0.2) is 36.5 Å². The molecule has 1 aliphatic carbocycles. The van der Waals surface area contributed by atoms with E-state index in [4.69, 9.17) is 0 Å². The maximum absolute atomic E-state index is 13.6. The predicted molar refractivity (Wildman–Crippen MR) is 76.5 cm³/mol. The van der Waals surface area contributed by atoms with E-state index < -0.39 is 16.4 Å². The van der Waals surface area contributed by atoms with E-state index in [1.807, 2.05) is 22.9 Å². The molecule has 0 amide bonds. The van der Waals surface area contributed by atoms with Gasteiger partial charge in [-0.1, -0.05) is 6.07 Å². The molecule has 0 unspecified atom stereocenters. The molecule has 1 fully saturated rings. The number of halogens is 1. The van der Waals surface area contributed by atoms with E-state index in [2.05, 4.69) is 5.32 Å². The third kappa shape index (κ3) is 3.28. The molecule has 21 heavy (non-hydrogen) atoms. The highest BCUT2D eigenvalue weighted by molar-refractivity contribution is 5.35. The van der Waals surface area contributed by atoms with Crippen molar-refractivity contribution in [1.82, 2.24) is 9.88 Å². The van der Waals surface area contributed by atoms with Crippen LogP contribution >= 0.6 is 0 Å². The fourth-order valence-electron chi connectivity index (χ4n) is 2.29. The van der Waals surface area contributed by atoms with Crippen molar-refractivity contribution in [3.63, 3.8) is 0 Å². The van der Waals surface area contributed by atoms with Crippen LogP contribution in [0.4, 0.5) is 10.1 Å². The van der Waals surface area contributed by atoms with E-state index in [0.717, 1.165) is 12.2 Å². The molecule has 0 aliphatic heterocycles. The Balaban J connectivity index is 1.72. The van der Waals surface area contributed by atoms with Crippen molar-refractivity contribution in [2.75, 3.05) is 0 Å². The number of nitro benzene ring substituents is 1. The van der Waals surface area contributed by atoms with Crippen molar-refractivity contribution in [1.29, 1.82) is 0 Å². The third-order valence-corrected chi connectivity index (χ3v) is 3.63. The van der Waals surface area contributed by atoms with Gasteiger partial charge in [0.25, 0.3) is 0 Å². The van der Waals surface area contributed by atoms with Gasteiger partial charge in [0.1, 0.15) is 0 Å². The number of benzene rings is 1. The number of hydrogen-bond acceptors (Lipinski definition) is 3. The van der Waals surface area contributed by atoms with Crippen LogP contribution in [-0.2, 0) is 13.1 Å². The van der Waals surface area contributed by atoms with Crippen LogP contribution in [0, 0.1) is 15.9 Å². The quantitative estimate of drug-likeness (QED) is 0.657. The summed E-state index contributed by atoms with van der Waals surface area (Å²) in [4.78, 5) is 9.90. The van der Waals surface area contributed by atoms with Gasteiger partial charge < -0.3 is 9.88 Å². The van der Waals surface area contributed by atoms with Gasteiger partial charge in [-0.05, 0) is 36.6 Å². The number of rotatable bonds is 6. The summed E-state index contributed by atoms with van der Waals surface area (Å²) in [5, 5.41) is 14.0. The first-order chi connectivity index (χ1) is 10.1. The Morgan fingerprint density at radius 1 is 1.38 bits per heavy atom. The summed E-state index contributed by atoms with van der Waals surface area (Å²) in [5.74, 6) is -0.790. The lowest BCUT2D eigenvalue weighted by Crippen LogP contribution is -2.18. The Morgan fingerprint density at radius 3 is 2.86 bits per heavy atom. The second-order valence-corrected chi connectivity index (χ2v) is 5.33. The van der Waals surface area contributed by atoms with Crippen LogP contribution in [0.25, 0.3) is 0 Å². The number of hydrogen-bond donors (Lipinski definition) is 1. The highest BCUT2D eigenvalue weighted by atomic mass is 19.1. The number of nitro groups is 1. The first kappa shape index (κ1) is 13.8. The van der Waals surface area contributed by atoms with Gasteiger partial charge >= 0.3 is 5.69 Å². The first-order valence-electron chi connectivity index (χ1n) is 6.93. The molecule has 0 bridgehead atoms. The highest BCUT2D eigenvalue weighted by Gasteiger charge is 2.20. The summed E-state index contributed by atoms with van der Waals surface area (Å²) in [7, 11) is 0. The summed E-state index contributed by atoms with van der Waals surface area (Å²) < 4.78 is 15.7. The maximum atomic E-state index is 13.6. The molecule has 0 spiro atoms. The monoisotopic (exact) mass is 289 g/mol. The summed E-state index contributed by atoms with van der Waals surface area (Å²) in [6.45, 7) is 1.29. The van der Waals surface area contributed by atoms with Gasteiger partial charge in [0, 0.05) is 37.1 Å². The van der Waals surface area contributed by atoms with E-state index in [-0.39, 0.29) is 0 Å². The highest BCUT2D eigenvalue weighted by Crippen LogP contribution is 2.21. The summed E-state index contributed by atoms with van der Waals surface area (Å²) in [5.41, 5.74) is 1.35. The molecule has 3 rings (SSSR count). The number of aromatic nitrogens is 1. The minimum absolute atomic E-state index is 0.484. The van der Waals surface area contributed by atoms with Gasteiger partial charge in [-0.2, -0.15) is 4.39 Å². The Bertz CT molecular complexity index is 665. The molecule has 1 heterocycles. The largest absolute Gasteiger partial charge is 0.346 e. The van der Waals surface area contributed by atoms with Crippen LogP contribution in [0.2, 0.25) is 0 Å². The van der Waals surface area contributed by atoms with Gasteiger partial charge in [0.2, 0.25) is 5.82 Å². The van der Waals surface area contributed by atoms with Crippen molar-refractivity contribution in [2.24, 2.45) is 0 Å². The van der Waals surface area contributed by atoms with Crippen molar-refractivity contribution >= 4 is 5.69 Å². The normalized spacial score (nSPS) is 14.3. The minimum atomic E-state index is -0.790. The van der Waals surface area contributed by atoms with E-state index in [1.165, 1.54) is 25.0 Å². The van der Waals surface area contributed by atoms with Gasteiger partial charge in [-0.3, -0.25) is 10.1 Å². The fourth-order valence-corrected chi connectivity index (χ4v) is 2.29. The molecular formula is C15H16FN3O2. The van der Waals surface area contributed by atoms with Gasteiger partial charge in [-0.15, -0.1) is 0 Å². The van der Waals surface area contributed by atoms with Crippen molar-refractivity contribution < 1.29 is 9.31 Å². The Kier molecular flexibility index (Phi) is 3.70. The molecule has 2 aromatic rings. The SMILES string of the molecule is O=[N+]([O-])c1ccc(Cn2cccc2CNC2CC2)cc1F. The molecule has 1 aromatic heterocycles. The standard InChI is InChI=1S/C15H16FN3O2/c16-14-8-11(3-6-15(14)19(20)21)10-18-7-1-2-13(18)9-17-12-4-5-12/h1-3,6-8,12,17H,4-5,9-10H2. The molecule has 1 aromatic carbocycles. The molecule has 1 saturated carbocycles. The number of nitrogens with zero attached hydrogens (tertiary/aromatic N) is 2. The van der Waals surface area contributed by atoms with Crippen molar-refractivity contribution in [3.8, 4) is 0 Å². The maximum Gasteiger partial charge on any atom is 0.304 e. The summed E-state index contributed by atoms with van der Waals surface area (Å²) in [6, 6.07) is 8.65. The molecule has 0 saturated heterocycles. The Hall–Kier alpha value is -2.21. The second kappa shape index (κ2) is 5.65. The zero-order valence-corrected chi connectivity index (χ0v) is 11.5. The average molecular weight is 289 g/mol.